The maximum absolute atomic E-state index is 12.8. The number of ether oxygens (including phenoxy) is 1. The van der Waals surface area contributed by atoms with Gasteiger partial charge in [-0.3, -0.25) is 14.9 Å². The van der Waals surface area contributed by atoms with Gasteiger partial charge in [-0.1, -0.05) is 29.5 Å². The smallest absolute Gasteiger partial charge is 0.308 e. The van der Waals surface area contributed by atoms with E-state index >= 15 is 0 Å². The molecule has 1 aromatic carbocycles. The van der Waals surface area contributed by atoms with Gasteiger partial charge in [0.25, 0.3) is 15.9 Å². The number of aromatic nitrogens is 2. The van der Waals surface area contributed by atoms with E-state index in [0.717, 1.165) is 16.9 Å². The van der Waals surface area contributed by atoms with Crippen molar-refractivity contribution in [3.05, 3.63) is 35.4 Å². The lowest BCUT2D eigenvalue weighted by molar-refractivity contribution is -0.146. The van der Waals surface area contributed by atoms with Crippen molar-refractivity contribution in [1.29, 1.82) is 0 Å². The first kappa shape index (κ1) is 20.4. The van der Waals surface area contributed by atoms with Crippen LogP contribution in [-0.4, -0.2) is 55.0 Å². The lowest BCUT2D eigenvalue weighted by Gasteiger charge is -2.28. The van der Waals surface area contributed by atoms with Crippen molar-refractivity contribution in [1.82, 2.24) is 14.5 Å². The third kappa shape index (κ3) is 4.21. The van der Waals surface area contributed by atoms with Gasteiger partial charge in [0.05, 0.1) is 13.0 Å². The maximum Gasteiger partial charge on any atom is 0.308 e. The summed E-state index contributed by atoms with van der Waals surface area (Å²) in [7, 11) is -2.51. The van der Waals surface area contributed by atoms with Crippen LogP contribution in [0.5, 0.6) is 0 Å². The number of anilines is 1. The van der Waals surface area contributed by atoms with Gasteiger partial charge in [-0.05, 0) is 31.4 Å². The monoisotopic (exact) mass is 424 g/mol. The summed E-state index contributed by atoms with van der Waals surface area (Å²) in [6.45, 7) is 2.21. The van der Waals surface area contributed by atoms with E-state index < -0.39 is 10.0 Å². The predicted octanol–water partition coefficient (Wildman–Crippen LogP) is 1.67. The molecule has 1 aromatic heterocycles. The number of methoxy groups -OCH3 is 1. The number of rotatable bonds is 5. The number of piperidine rings is 1. The van der Waals surface area contributed by atoms with Crippen LogP contribution >= 0.6 is 11.3 Å². The van der Waals surface area contributed by atoms with Crippen LogP contribution in [0.25, 0.3) is 0 Å². The number of carbonyl (C=O) groups is 2. The molecule has 150 valence electrons. The second-order valence-corrected chi connectivity index (χ2v) is 9.43. The summed E-state index contributed by atoms with van der Waals surface area (Å²) >= 11 is 0.799. The molecule has 28 heavy (non-hydrogen) atoms. The van der Waals surface area contributed by atoms with Crippen LogP contribution in [0.1, 0.15) is 28.8 Å². The van der Waals surface area contributed by atoms with Crippen LogP contribution in [0.4, 0.5) is 5.13 Å². The first-order valence-corrected chi connectivity index (χ1v) is 10.9. The van der Waals surface area contributed by atoms with E-state index in [9.17, 15) is 18.0 Å². The zero-order valence-electron chi connectivity index (χ0n) is 15.4. The fraction of sp³-hybridized carbons (Fsp3) is 0.412. The highest BCUT2D eigenvalue weighted by atomic mass is 32.2. The summed E-state index contributed by atoms with van der Waals surface area (Å²) in [6.07, 6.45) is 0.781. The van der Waals surface area contributed by atoms with Gasteiger partial charge in [-0.15, -0.1) is 10.2 Å². The summed E-state index contributed by atoms with van der Waals surface area (Å²) in [5, 5.41) is 10.2. The summed E-state index contributed by atoms with van der Waals surface area (Å²) in [6, 6.07) is 7.05. The van der Waals surface area contributed by atoms with E-state index in [1.54, 1.807) is 12.1 Å². The van der Waals surface area contributed by atoms with Crippen LogP contribution in [0.2, 0.25) is 0 Å². The molecule has 0 saturated carbocycles. The number of benzene rings is 1. The van der Waals surface area contributed by atoms with E-state index in [4.69, 9.17) is 4.74 Å². The van der Waals surface area contributed by atoms with Crippen molar-refractivity contribution in [3.8, 4) is 0 Å². The molecule has 0 atom stereocenters. The van der Waals surface area contributed by atoms with Gasteiger partial charge in [0.1, 0.15) is 0 Å². The SMILES string of the molecule is COC(=O)C1CCN(S(=O)(=O)c2nnc(NC(=O)c3ccccc3C)s2)CC1. The second kappa shape index (κ2) is 8.33. The van der Waals surface area contributed by atoms with E-state index in [2.05, 4.69) is 15.5 Å². The Labute approximate surface area is 166 Å². The van der Waals surface area contributed by atoms with Crippen LogP contribution in [0, 0.1) is 12.8 Å². The molecule has 1 N–H and O–H groups in total. The standard InChI is InChI=1S/C17H20N4O5S2/c1-11-5-3-4-6-13(11)14(22)18-16-19-20-17(27-16)28(24,25)21-9-7-12(8-10-21)15(23)26-2/h3-6,12H,7-10H2,1-2H3,(H,18,19,22). The maximum atomic E-state index is 12.8. The molecule has 1 saturated heterocycles. The van der Waals surface area contributed by atoms with E-state index in [0.29, 0.717) is 18.4 Å². The zero-order valence-corrected chi connectivity index (χ0v) is 17.0. The Morgan fingerprint density at radius 1 is 1.21 bits per heavy atom. The topological polar surface area (TPSA) is 119 Å². The lowest BCUT2D eigenvalue weighted by Crippen LogP contribution is -2.40. The highest BCUT2D eigenvalue weighted by Crippen LogP contribution is 2.28. The Balaban J connectivity index is 1.68. The van der Waals surface area contributed by atoms with Crippen molar-refractivity contribution in [2.45, 2.75) is 24.1 Å². The number of amides is 1. The molecule has 0 unspecified atom stereocenters. The molecule has 0 radical (unpaired) electrons. The second-order valence-electron chi connectivity index (χ2n) is 6.34. The fourth-order valence-electron chi connectivity index (χ4n) is 2.97. The molecule has 2 aromatic rings. The molecular weight excluding hydrogens is 404 g/mol. The molecule has 0 bridgehead atoms. The number of carbonyl (C=O) groups excluding carboxylic acids is 2. The van der Waals surface area contributed by atoms with Crippen molar-refractivity contribution < 1.29 is 22.7 Å². The van der Waals surface area contributed by atoms with E-state index in [-0.39, 0.29) is 40.4 Å². The molecule has 11 heteroatoms. The number of hydrogen-bond donors (Lipinski definition) is 1. The first-order valence-electron chi connectivity index (χ1n) is 8.61. The molecule has 1 fully saturated rings. The van der Waals surface area contributed by atoms with Crippen LogP contribution in [0.3, 0.4) is 0 Å². The molecule has 2 heterocycles. The van der Waals surface area contributed by atoms with Crippen molar-refractivity contribution in [3.63, 3.8) is 0 Å². The largest absolute Gasteiger partial charge is 0.469 e. The molecule has 1 aliphatic rings. The van der Waals surface area contributed by atoms with Crippen LogP contribution in [-0.2, 0) is 19.6 Å². The van der Waals surface area contributed by atoms with Gasteiger partial charge in [-0.25, -0.2) is 8.42 Å². The van der Waals surface area contributed by atoms with Crippen LogP contribution < -0.4 is 5.32 Å². The van der Waals surface area contributed by atoms with E-state index in [1.807, 2.05) is 19.1 Å². The van der Waals surface area contributed by atoms with Crippen molar-refractivity contribution in [2.24, 2.45) is 5.92 Å². The minimum absolute atomic E-state index is 0.108. The molecule has 1 amide bonds. The highest BCUT2D eigenvalue weighted by Gasteiger charge is 2.34. The number of esters is 1. The Morgan fingerprint density at radius 2 is 1.89 bits per heavy atom. The van der Waals surface area contributed by atoms with Gasteiger partial charge in [-0.2, -0.15) is 4.31 Å². The molecule has 0 aliphatic carbocycles. The third-order valence-corrected chi connectivity index (χ3v) is 7.65. The fourth-order valence-corrected chi connectivity index (χ4v) is 5.47. The van der Waals surface area contributed by atoms with Gasteiger partial charge < -0.3 is 4.74 Å². The van der Waals surface area contributed by atoms with Gasteiger partial charge in [0, 0.05) is 18.7 Å². The molecule has 9 nitrogen and oxygen atoms in total. The summed E-state index contributed by atoms with van der Waals surface area (Å²) in [5.74, 6) is -0.999. The molecule has 3 rings (SSSR count). The van der Waals surface area contributed by atoms with Gasteiger partial charge in [0.2, 0.25) is 9.47 Å². The number of nitrogens with one attached hydrogen (secondary N) is 1. The predicted molar refractivity (Wildman–Crippen MR) is 103 cm³/mol. The molecule has 1 aliphatic heterocycles. The number of aryl methyl sites for hydroxylation is 1. The first-order chi connectivity index (χ1) is 13.3. The van der Waals surface area contributed by atoms with Crippen LogP contribution in [0.15, 0.2) is 28.6 Å². The number of nitrogens with zero attached hydrogens (tertiary/aromatic N) is 3. The van der Waals surface area contributed by atoms with Crippen molar-refractivity contribution >= 4 is 38.4 Å². The summed E-state index contributed by atoms with van der Waals surface area (Å²) in [4.78, 5) is 23.9. The Kier molecular flexibility index (Phi) is 6.06. The third-order valence-electron chi connectivity index (χ3n) is 4.57. The van der Waals surface area contributed by atoms with Gasteiger partial charge in [0.15, 0.2) is 0 Å². The number of hydrogen-bond acceptors (Lipinski definition) is 8. The molecule has 0 spiro atoms. The zero-order chi connectivity index (χ0) is 20.3. The lowest BCUT2D eigenvalue weighted by atomic mass is 9.99. The minimum atomic E-state index is -3.83. The Bertz CT molecular complexity index is 981. The number of sulfonamides is 1. The Morgan fingerprint density at radius 3 is 2.54 bits per heavy atom. The normalized spacial score (nSPS) is 15.9. The van der Waals surface area contributed by atoms with Gasteiger partial charge >= 0.3 is 5.97 Å². The van der Waals surface area contributed by atoms with Crippen molar-refractivity contribution in [2.75, 3.05) is 25.5 Å². The quantitative estimate of drug-likeness (QED) is 0.573. The highest BCUT2D eigenvalue weighted by molar-refractivity contribution is 7.91. The summed E-state index contributed by atoms with van der Waals surface area (Å²) in [5.41, 5.74) is 1.28. The van der Waals surface area contributed by atoms with E-state index in [1.165, 1.54) is 11.4 Å². The average Bonchev–Trinajstić information content (AvgIpc) is 3.17. The molecular formula is C17H20N4O5S2. The Hall–Kier alpha value is -2.37. The average molecular weight is 425 g/mol. The summed E-state index contributed by atoms with van der Waals surface area (Å²) < 4.78 is 31.3. The minimum Gasteiger partial charge on any atom is -0.469 e.